The van der Waals surface area contributed by atoms with Crippen LogP contribution in [0, 0.1) is 5.82 Å². The Hall–Kier alpha value is -2.69. The van der Waals surface area contributed by atoms with Crippen molar-refractivity contribution in [2.75, 3.05) is 5.73 Å². The molecule has 0 bridgehead atoms. The van der Waals surface area contributed by atoms with Gasteiger partial charge in [-0.15, -0.1) is 0 Å². The summed E-state index contributed by atoms with van der Waals surface area (Å²) in [6.07, 6.45) is 1.36. The Bertz CT molecular complexity index is 626. The van der Waals surface area contributed by atoms with Gasteiger partial charge in [0.1, 0.15) is 5.82 Å². The summed E-state index contributed by atoms with van der Waals surface area (Å²) >= 11 is 0. The molecule has 2 aromatic carbocycles. The third kappa shape index (κ3) is 3.38. The van der Waals surface area contributed by atoms with Gasteiger partial charge in [0.25, 0.3) is 5.91 Å². The van der Waals surface area contributed by atoms with Gasteiger partial charge in [0.05, 0.1) is 11.8 Å². The summed E-state index contributed by atoms with van der Waals surface area (Å²) in [6.45, 7) is 0. The van der Waals surface area contributed by atoms with E-state index in [-0.39, 0.29) is 5.82 Å². The lowest BCUT2D eigenvalue weighted by Gasteiger charge is -2.02. The molecule has 0 radical (unpaired) electrons. The number of anilines is 1. The maximum atomic E-state index is 12.9. The Morgan fingerprint density at radius 2 is 2.00 bits per heavy atom. The third-order valence-corrected chi connectivity index (χ3v) is 2.43. The number of amides is 1. The Balaban J connectivity index is 2.03. The van der Waals surface area contributed by atoms with Crippen LogP contribution in [-0.4, -0.2) is 12.1 Å². The predicted octanol–water partition coefficient (Wildman–Crippen LogP) is 2.17. The number of nitrogens with two attached hydrogens (primary N) is 1. The molecule has 0 unspecified atom stereocenters. The molecule has 3 N–H and O–H groups in total. The first-order valence-corrected chi connectivity index (χ1v) is 5.60. The number of hydrazone groups is 1. The van der Waals surface area contributed by atoms with E-state index in [1.807, 2.05) is 0 Å². The molecule has 0 aliphatic heterocycles. The lowest BCUT2D eigenvalue weighted by atomic mass is 10.2. The fraction of sp³-hybridized carbons (Fsp3) is 0. The van der Waals surface area contributed by atoms with E-state index in [2.05, 4.69) is 10.5 Å². The first kappa shape index (κ1) is 12.8. The highest BCUT2D eigenvalue weighted by Gasteiger charge is 2.06. The fourth-order valence-electron chi connectivity index (χ4n) is 1.52. The van der Waals surface area contributed by atoms with Crippen molar-refractivity contribution in [1.29, 1.82) is 0 Å². The minimum absolute atomic E-state index is 0.346. The number of para-hydroxylation sites is 1. The normalized spacial score (nSPS) is 10.6. The second-order valence-corrected chi connectivity index (χ2v) is 3.84. The van der Waals surface area contributed by atoms with Gasteiger partial charge < -0.3 is 5.73 Å². The fourth-order valence-corrected chi connectivity index (χ4v) is 1.52. The molecular formula is C14H12FN3O. The lowest BCUT2D eigenvalue weighted by Crippen LogP contribution is -2.18. The average Bonchev–Trinajstić information content (AvgIpc) is 2.39. The molecular weight excluding hydrogens is 245 g/mol. The highest BCUT2D eigenvalue weighted by molar-refractivity contribution is 5.99. The summed E-state index contributed by atoms with van der Waals surface area (Å²) in [4.78, 5) is 11.7. The van der Waals surface area contributed by atoms with Crippen LogP contribution in [0.4, 0.5) is 10.1 Å². The molecule has 0 atom stereocenters. The molecule has 0 spiro atoms. The molecule has 0 saturated heterocycles. The highest BCUT2D eigenvalue weighted by atomic mass is 19.1. The number of hydrogen-bond acceptors (Lipinski definition) is 3. The smallest absolute Gasteiger partial charge is 0.273 e. The van der Waals surface area contributed by atoms with Crippen molar-refractivity contribution in [2.45, 2.75) is 0 Å². The van der Waals surface area contributed by atoms with E-state index in [4.69, 9.17) is 5.73 Å². The van der Waals surface area contributed by atoms with Gasteiger partial charge in [-0.1, -0.05) is 24.3 Å². The standard InChI is InChI=1S/C14H12FN3O/c15-11-5-3-4-10(8-11)9-17-18-14(19)12-6-1-2-7-13(12)16/h1-9H,16H2,(H,18,19)/b17-9+. The number of nitrogen functional groups attached to an aromatic ring is 1. The van der Waals surface area contributed by atoms with E-state index < -0.39 is 5.91 Å². The topological polar surface area (TPSA) is 67.5 Å². The number of nitrogens with one attached hydrogen (secondary N) is 1. The Kier molecular flexibility index (Phi) is 3.87. The van der Waals surface area contributed by atoms with Crippen LogP contribution < -0.4 is 11.2 Å². The summed E-state index contributed by atoms with van der Waals surface area (Å²) in [5.74, 6) is -0.770. The minimum atomic E-state index is -0.411. The monoisotopic (exact) mass is 257 g/mol. The number of rotatable bonds is 3. The SMILES string of the molecule is Nc1ccccc1C(=O)N/N=C/c1cccc(F)c1. The molecule has 4 nitrogen and oxygen atoms in total. The molecule has 0 aliphatic rings. The Morgan fingerprint density at radius 3 is 2.74 bits per heavy atom. The number of nitrogens with zero attached hydrogens (tertiary/aromatic N) is 1. The van der Waals surface area contributed by atoms with Gasteiger partial charge >= 0.3 is 0 Å². The van der Waals surface area contributed by atoms with Crippen molar-refractivity contribution in [1.82, 2.24) is 5.43 Å². The molecule has 5 heteroatoms. The summed E-state index contributed by atoms with van der Waals surface area (Å²) in [5, 5.41) is 3.75. The second kappa shape index (κ2) is 5.77. The van der Waals surface area contributed by atoms with Gasteiger partial charge in [0.15, 0.2) is 0 Å². The molecule has 19 heavy (non-hydrogen) atoms. The van der Waals surface area contributed by atoms with Crippen molar-refractivity contribution in [3.63, 3.8) is 0 Å². The van der Waals surface area contributed by atoms with Gasteiger partial charge in [-0.3, -0.25) is 4.79 Å². The van der Waals surface area contributed by atoms with Gasteiger partial charge in [0.2, 0.25) is 0 Å². The van der Waals surface area contributed by atoms with E-state index in [9.17, 15) is 9.18 Å². The van der Waals surface area contributed by atoms with Crippen molar-refractivity contribution in [3.8, 4) is 0 Å². The Morgan fingerprint density at radius 1 is 1.21 bits per heavy atom. The summed E-state index contributed by atoms with van der Waals surface area (Å²) < 4.78 is 12.9. The van der Waals surface area contributed by atoms with E-state index in [1.165, 1.54) is 18.3 Å². The molecule has 1 amide bonds. The largest absolute Gasteiger partial charge is 0.398 e. The van der Waals surface area contributed by atoms with Crippen LogP contribution in [0.2, 0.25) is 0 Å². The quantitative estimate of drug-likeness (QED) is 0.502. The average molecular weight is 257 g/mol. The maximum absolute atomic E-state index is 12.9. The summed E-state index contributed by atoms with van der Waals surface area (Å²) in [5.41, 5.74) is 9.28. The van der Waals surface area contributed by atoms with Crippen LogP contribution >= 0.6 is 0 Å². The van der Waals surface area contributed by atoms with Crippen molar-refractivity contribution < 1.29 is 9.18 Å². The molecule has 0 saturated carbocycles. The molecule has 0 aliphatic carbocycles. The van der Waals surface area contributed by atoms with Crippen molar-refractivity contribution in [3.05, 3.63) is 65.5 Å². The zero-order valence-electron chi connectivity index (χ0n) is 10.0. The molecule has 2 aromatic rings. The minimum Gasteiger partial charge on any atom is -0.398 e. The van der Waals surface area contributed by atoms with Crippen LogP contribution in [0.25, 0.3) is 0 Å². The molecule has 2 rings (SSSR count). The molecule has 0 fully saturated rings. The van der Waals surface area contributed by atoms with Gasteiger partial charge in [-0.25, -0.2) is 9.82 Å². The van der Waals surface area contributed by atoms with Crippen molar-refractivity contribution >= 4 is 17.8 Å². The highest BCUT2D eigenvalue weighted by Crippen LogP contribution is 2.09. The zero-order chi connectivity index (χ0) is 13.7. The van der Waals surface area contributed by atoms with Gasteiger partial charge in [-0.2, -0.15) is 5.10 Å². The summed E-state index contributed by atoms with van der Waals surface area (Å²) in [6, 6.07) is 12.6. The number of hydrogen-bond donors (Lipinski definition) is 2. The number of carbonyl (C=O) groups is 1. The van der Waals surface area contributed by atoms with Gasteiger partial charge in [-0.05, 0) is 29.8 Å². The first-order chi connectivity index (χ1) is 9.16. The molecule has 0 heterocycles. The predicted molar refractivity (Wildman–Crippen MR) is 72.3 cm³/mol. The second-order valence-electron chi connectivity index (χ2n) is 3.84. The molecule has 96 valence electrons. The van der Waals surface area contributed by atoms with Crippen LogP contribution in [0.3, 0.4) is 0 Å². The number of carbonyl (C=O) groups excluding carboxylic acids is 1. The van der Waals surface area contributed by atoms with E-state index in [0.717, 1.165) is 0 Å². The van der Waals surface area contributed by atoms with Crippen LogP contribution in [0.15, 0.2) is 53.6 Å². The Labute approximate surface area is 109 Å². The molecule has 0 aromatic heterocycles. The van der Waals surface area contributed by atoms with Crippen molar-refractivity contribution in [2.24, 2.45) is 5.10 Å². The third-order valence-electron chi connectivity index (χ3n) is 2.43. The lowest BCUT2D eigenvalue weighted by molar-refractivity contribution is 0.0956. The van der Waals surface area contributed by atoms with E-state index in [0.29, 0.717) is 16.8 Å². The van der Waals surface area contributed by atoms with Crippen LogP contribution in [-0.2, 0) is 0 Å². The van der Waals surface area contributed by atoms with Crippen LogP contribution in [0.1, 0.15) is 15.9 Å². The first-order valence-electron chi connectivity index (χ1n) is 5.60. The number of halogens is 1. The number of benzene rings is 2. The maximum Gasteiger partial charge on any atom is 0.273 e. The zero-order valence-corrected chi connectivity index (χ0v) is 10.0. The van der Waals surface area contributed by atoms with E-state index >= 15 is 0 Å². The van der Waals surface area contributed by atoms with E-state index in [1.54, 1.807) is 36.4 Å². The van der Waals surface area contributed by atoms with Crippen LogP contribution in [0.5, 0.6) is 0 Å². The van der Waals surface area contributed by atoms with Gasteiger partial charge in [0, 0.05) is 5.69 Å². The summed E-state index contributed by atoms with van der Waals surface area (Å²) in [7, 11) is 0.